The smallest absolute Gasteiger partial charge is 0.181 e. The van der Waals surface area contributed by atoms with Gasteiger partial charge >= 0.3 is 0 Å². The molecule has 0 amide bonds. The average molecular weight is 330 g/mol. The van der Waals surface area contributed by atoms with E-state index in [4.69, 9.17) is 4.74 Å². The summed E-state index contributed by atoms with van der Waals surface area (Å²) in [6.45, 7) is 0.476. The van der Waals surface area contributed by atoms with Gasteiger partial charge in [-0.3, -0.25) is 0 Å². The van der Waals surface area contributed by atoms with Crippen molar-refractivity contribution in [2.24, 2.45) is 0 Å². The molecule has 1 aromatic rings. The van der Waals surface area contributed by atoms with Crippen LogP contribution in [0.1, 0.15) is 25.7 Å². The first-order valence-electron chi connectivity index (χ1n) is 7.23. The third-order valence-electron chi connectivity index (χ3n) is 4.42. The highest BCUT2D eigenvalue weighted by Crippen LogP contribution is 2.40. The quantitative estimate of drug-likeness (QED) is 0.836. The van der Waals surface area contributed by atoms with Crippen molar-refractivity contribution in [3.8, 4) is 0 Å². The van der Waals surface area contributed by atoms with E-state index in [2.05, 4.69) is 0 Å². The van der Waals surface area contributed by atoms with E-state index in [9.17, 15) is 12.8 Å². The molecule has 0 aliphatic carbocycles. The molecule has 0 radical (unpaired) electrons. The molecule has 116 valence electrons. The molecular weight excluding hydrogens is 311 g/mol. The maximum atomic E-state index is 13.3. The second kappa shape index (κ2) is 5.89. The second-order valence-corrected chi connectivity index (χ2v) is 9.21. The van der Waals surface area contributed by atoms with E-state index in [1.165, 1.54) is 18.2 Å². The van der Waals surface area contributed by atoms with Crippen molar-refractivity contribution in [2.75, 3.05) is 18.1 Å². The van der Waals surface area contributed by atoms with Crippen LogP contribution in [-0.4, -0.2) is 37.4 Å². The molecular formula is C15H19FO3S2. The van der Waals surface area contributed by atoms with Crippen LogP contribution in [0.15, 0.2) is 29.2 Å². The van der Waals surface area contributed by atoms with Gasteiger partial charge in [-0.05, 0) is 55.4 Å². The fraction of sp³-hybridized carbons (Fsp3) is 0.600. The van der Waals surface area contributed by atoms with E-state index in [-0.39, 0.29) is 10.5 Å². The first-order chi connectivity index (χ1) is 10.0. The number of sulfone groups is 1. The molecule has 3 rings (SSSR count). The van der Waals surface area contributed by atoms with Gasteiger partial charge < -0.3 is 4.74 Å². The summed E-state index contributed by atoms with van der Waals surface area (Å²) < 4.78 is 44.7. The highest BCUT2D eigenvalue weighted by Gasteiger charge is 2.43. The van der Waals surface area contributed by atoms with Crippen LogP contribution in [0.4, 0.5) is 4.39 Å². The standard InChI is InChI=1S/C15H19FO3S2/c16-12-2-1-3-13(10-12)21(17,18)14-4-7-19-15(11-14)5-8-20-9-6-15/h1-3,10,14H,4-9,11H2. The van der Waals surface area contributed by atoms with Crippen molar-refractivity contribution in [1.82, 2.24) is 0 Å². The van der Waals surface area contributed by atoms with Crippen molar-refractivity contribution in [1.29, 1.82) is 0 Å². The molecule has 21 heavy (non-hydrogen) atoms. The molecule has 6 heteroatoms. The lowest BCUT2D eigenvalue weighted by Crippen LogP contribution is -2.46. The van der Waals surface area contributed by atoms with Gasteiger partial charge in [0.2, 0.25) is 0 Å². The summed E-state index contributed by atoms with van der Waals surface area (Å²) in [6, 6.07) is 5.32. The predicted molar refractivity (Wildman–Crippen MR) is 81.8 cm³/mol. The highest BCUT2D eigenvalue weighted by molar-refractivity contribution is 7.99. The van der Waals surface area contributed by atoms with E-state index in [0.717, 1.165) is 30.4 Å². The van der Waals surface area contributed by atoms with Crippen LogP contribution in [0.2, 0.25) is 0 Å². The first kappa shape index (κ1) is 15.3. The lowest BCUT2D eigenvalue weighted by Gasteiger charge is -2.43. The Bertz CT molecular complexity index is 604. The summed E-state index contributed by atoms with van der Waals surface area (Å²) in [4.78, 5) is 0.0923. The molecule has 1 spiro atoms. The van der Waals surface area contributed by atoms with Gasteiger partial charge in [0.1, 0.15) is 5.82 Å². The maximum absolute atomic E-state index is 13.3. The van der Waals surface area contributed by atoms with Crippen LogP contribution in [-0.2, 0) is 14.6 Å². The molecule has 1 unspecified atom stereocenters. The Kier molecular flexibility index (Phi) is 4.30. The minimum absolute atomic E-state index is 0.0923. The lowest BCUT2D eigenvalue weighted by atomic mass is 9.88. The van der Waals surface area contributed by atoms with Crippen molar-refractivity contribution in [3.63, 3.8) is 0 Å². The number of hydrogen-bond donors (Lipinski definition) is 0. The Balaban J connectivity index is 1.85. The van der Waals surface area contributed by atoms with Gasteiger partial charge in [0, 0.05) is 6.61 Å². The van der Waals surface area contributed by atoms with Gasteiger partial charge in [0.05, 0.1) is 15.7 Å². The molecule has 2 fully saturated rings. The zero-order valence-electron chi connectivity index (χ0n) is 11.8. The Morgan fingerprint density at radius 1 is 1.29 bits per heavy atom. The van der Waals surface area contributed by atoms with Crippen LogP contribution in [0, 0.1) is 5.82 Å². The number of rotatable bonds is 2. The number of halogens is 1. The van der Waals surface area contributed by atoms with Crippen LogP contribution < -0.4 is 0 Å². The second-order valence-electron chi connectivity index (χ2n) is 5.76. The van der Waals surface area contributed by atoms with Gasteiger partial charge in [-0.1, -0.05) is 6.07 Å². The van der Waals surface area contributed by atoms with Crippen molar-refractivity contribution in [2.45, 2.75) is 41.4 Å². The summed E-state index contributed by atoms with van der Waals surface area (Å²) in [5, 5.41) is -0.462. The van der Waals surface area contributed by atoms with E-state index < -0.39 is 20.9 Å². The van der Waals surface area contributed by atoms with E-state index in [1.807, 2.05) is 11.8 Å². The minimum Gasteiger partial charge on any atom is -0.375 e. The monoisotopic (exact) mass is 330 g/mol. The average Bonchev–Trinajstić information content (AvgIpc) is 2.48. The normalized spacial score (nSPS) is 25.9. The molecule has 0 aromatic heterocycles. The van der Waals surface area contributed by atoms with Crippen molar-refractivity contribution >= 4 is 21.6 Å². The Labute approximate surface area is 129 Å². The van der Waals surface area contributed by atoms with Crippen molar-refractivity contribution in [3.05, 3.63) is 30.1 Å². The zero-order chi connectivity index (χ0) is 14.9. The summed E-state index contributed by atoms with van der Waals surface area (Å²) in [5.74, 6) is 1.53. The molecule has 3 nitrogen and oxygen atoms in total. The van der Waals surface area contributed by atoms with Gasteiger partial charge in [0.15, 0.2) is 9.84 Å². The molecule has 2 aliphatic rings. The fourth-order valence-electron chi connectivity index (χ4n) is 3.18. The minimum atomic E-state index is -3.49. The van der Waals surface area contributed by atoms with Gasteiger partial charge in [-0.2, -0.15) is 11.8 Å². The molecule has 0 N–H and O–H groups in total. The molecule has 1 atom stereocenters. The fourth-order valence-corrected chi connectivity index (χ4v) is 6.27. The maximum Gasteiger partial charge on any atom is 0.181 e. The molecule has 2 aliphatic heterocycles. The van der Waals surface area contributed by atoms with Gasteiger partial charge in [-0.15, -0.1) is 0 Å². The number of thioether (sulfide) groups is 1. The Hall–Kier alpha value is -0.590. The predicted octanol–water partition coefficient (Wildman–Crippen LogP) is 3.04. The largest absolute Gasteiger partial charge is 0.375 e. The molecule has 2 heterocycles. The van der Waals surface area contributed by atoms with Crippen molar-refractivity contribution < 1.29 is 17.5 Å². The molecule has 0 bridgehead atoms. The van der Waals surface area contributed by atoms with Gasteiger partial charge in [-0.25, -0.2) is 12.8 Å². The molecule has 0 saturated carbocycles. The highest BCUT2D eigenvalue weighted by atomic mass is 32.2. The zero-order valence-corrected chi connectivity index (χ0v) is 13.4. The van der Waals surface area contributed by atoms with E-state index in [0.29, 0.717) is 19.4 Å². The van der Waals surface area contributed by atoms with Crippen LogP contribution in [0.3, 0.4) is 0 Å². The number of benzene rings is 1. The van der Waals surface area contributed by atoms with Gasteiger partial charge in [0.25, 0.3) is 0 Å². The Morgan fingerprint density at radius 2 is 2.05 bits per heavy atom. The third-order valence-corrected chi connectivity index (χ3v) is 7.59. The number of hydrogen-bond acceptors (Lipinski definition) is 4. The Morgan fingerprint density at radius 3 is 2.76 bits per heavy atom. The van der Waals surface area contributed by atoms with Crippen LogP contribution in [0.5, 0.6) is 0 Å². The number of ether oxygens (including phenoxy) is 1. The molecule has 1 aromatic carbocycles. The molecule has 2 saturated heterocycles. The van der Waals surface area contributed by atoms with E-state index in [1.54, 1.807) is 0 Å². The summed E-state index contributed by atoms with van der Waals surface area (Å²) >= 11 is 1.89. The van der Waals surface area contributed by atoms with Crippen LogP contribution in [0.25, 0.3) is 0 Å². The van der Waals surface area contributed by atoms with E-state index >= 15 is 0 Å². The SMILES string of the molecule is O=S(=O)(c1cccc(F)c1)C1CCOC2(CCSCC2)C1. The topological polar surface area (TPSA) is 43.4 Å². The third kappa shape index (κ3) is 3.12. The first-order valence-corrected chi connectivity index (χ1v) is 9.93. The summed E-state index contributed by atoms with van der Waals surface area (Å²) in [7, 11) is -3.49. The summed E-state index contributed by atoms with van der Waals surface area (Å²) in [6.07, 6.45) is 2.85. The summed E-state index contributed by atoms with van der Waals surface area (Å²) in [5.41, 5.74) is -0.283. The lowest BCUT2D eigenvalue weighted by molar-refractivity contribution is -0.0813. The van der Waals surface area contributed by atoms with Crippen LogP contribution >= 0.6 is 11.8 Å².